The molecule has 0 heterocycles. The summed E-state index contributed by atoms with van der Waals surface area (Å²) in [5.41, 5.74) is 0. The van der Waals surface area contributed by atoms with Gasteiger partial charge in [0, 0.05) is 0 Å². The van der Waals surface area contributed by atoms with Crippen molar-refractivity contribution in [3.05, 3.63) is 0 Å². The molecule has 0 aromatic rings. The van der Waals surface area contributed by atoms with Crippen LogP contribution in [0.2, 0.25) is 0 Å². The second-order valence-corrected chi connectivity index (χ2v) is 1.18. The van der Waals surface area contributed by atoms with Crippen LogP contribution in [0.4, 0.5) is 3.89 Å². The summed E-state index contributed by atoms with van der Waals surface area (Å²) in [7, 11) is -5.42. The van der Waals surface area contributed by atoms with Crippen molar-refractivity contribution in [1.29, 1.82) is 0 Å². The fourth-order valence-corrected chi connectivity index (χ4v) is 0. The molecule has 0 aromatic heterocycles. The van der Waals surface area contributed by atoms with E-state index in [1.807, 2.05) is 0 Å². The first-order chi connectivity index (χ1) is 2.00. The monoisotopic (exact) mass is 256 g/mol. The summed E-state index contributed by atoms with van der Waals surface area (Å²) in [6.07, 6.45) is 0. The van der Waals surface area contributed by atoms with Gasteiger partial charge in [-0.1, -0.05) is 0 Å². The van der Waals surface area contributed by atoms with Crippen molar-refractivity contribution in [2.45, 2.75) is 0 Å². The molecule has 0 rings (SSSR count). The van der Waals surface area contributed by atoms with Crippen molar-refractivity contribution in [3.8, 4) is 0 Å². The van der Waals surface area contributed by atoms with Crippen molar-refractivity contribution < 1.29 is 21.6 Å². The molecule has 0 amide bonds. The van der Waals surface area contributed by atoms with Crippen LogP contribution in [0.15, 0.2) is 0 Å². The molecule has 0 aliphatic heterocycles. The Hall–Kier alpha value is 1.34. The fourth-order valence-electron chi connectivity index (χ4n) is 0. The molecule has 0 atom stereocenters. The third-order valence-corrected chi connectivity index (χ3v) is 0. The largest absolute Gasteiger partial charge is 2.00 e. The summed E-state index contributed by atoms with van der Waals surface area (Å²) in [5.74, 6) is 0. The average Bonchev–Trinajstić information content (AvgIpc) is 0.722. The number of hydrogen-bond acceptors (Lipinski definition) is 3. The van der Waals surface area contributed by atoms with Crippen molar-refractivity contribution in [2.75, 3.05) is 0 Å². The first kappa shape index (κ1) is 15.8. The van der Waals surface area contributed by atoms with E-state index in [-0.39, 0.29) is 53.6 Å². The van der Waals surface area contributed by atoms with E-state index >= 15 is 0 Å². The zero-order valence-electron chi connectivity index (χ0n) is 3.10. The molecule has 7 heavy (non-hydrogen) atoms. The van der Waals surface area contributed by atoms with Gasteiger partial charge in [0.15, 0.2) is 0 Å². The molecule has 0 radical (unpaired) electrons. The molecule has 0 spiro atoms. The standard InChI is InChI=1S/Ba.FHO3S.FH/c;1-5(2,3)4;/h;(H,2,3,4);1H/q+2;;/p-2. The maximum Gasteiger partial charge on any atom is 2.00 e. The summed E-state index contributed by atoms with van der Waals surface area (Å²) >= 11 is 0. The minimum atomic E-state index is -5.42. The van der Waals surface area contributed by atoms with Gasteiger partial charge in [0.05, 0.1) is 0 Å². The van der Waals surface area contributed by atoms with Crippen molar-refractivity contribution in [2.24, 2.45) is 0 Å². The summed E-state index contributed by atoms with van der Waals surface area (Å²) < 4.78 is 35.3. The quantitative estimate of drug-likeness (QED) is 0.252. The fraction of sp³-hybridized carbons (Fsp3) is 0. The third-order valence-electron chi connectivity index (χ3n) is 0. The van der Waals surface area contributed by atoms with Gasteiger partial charge in [0.25, 0.3) is 10.5 Å². The van der Waals surface area contributed by atoms with E-state index in [1.165, 1.54) is 0 Å². The van der Waals surface area contributed by atoms with Crippen molar-refractivity contribution >= 4 is 59.4 Å². The van der Waals surface area contributed by atoms with Gasteiger partial charge < -0.3 is 9.26 Å². The van der Waals surface area contributed by atoms with E-state index in [4.69, 9.17) is 13.0 Å². The molecule has 40 valence electrons. The molecule has 0 fully saturated rings. The van der Waals surface area contributed by atoms with Gasteiger partial charge in [-0.15, -0.1) is 3.89 Å². The van der Waals surface area contributed by atoms with Crippen LogP contribution >= 0.6 is 0 Å². The molecular formula is BaF2O3S. The Morgan fingerprint density at radius 2 is 1.43 bits per heavy atom. The first-order valence-electron chi connectivity index (χ1n) is 0.654. The Labute approximate surface area is 79.8 Å². The summed E-state index contributed by atoms with van der Waals surface area (Å²) in [5, 5.41) is 0. The van der Waals surface area contributed by atoms with Crippen LogP contribution in [0.1, 0.15) is 0 Å². The predicted octanol–water partition coefficient (Wildman–Crippen LogP) is -3.96. The Balaban J connectivity index is -0.0000000800. The minimum absolute atomic E-state index is 0. The second-order valence-electron chi connectivity index (χ2n) is 0.393. The molecule has 3 nitrogen and oxygen atoms in total. The molecule has 0 saturated carbocycles. The van der Waals surface area contributed by atoms with Gasteiger partial charge in [-0.05, 0) is 0 Å². The van der Waals surface area contributed by atoms with Gasteiger partial charge in [-0.25, -0.2) is 8.42 Å². The number of rotatable bonds is 0. The Kier molecular flexibility index (Phi) is 12.3. The molecular weight excluding hydrogens is 255 g/mol. The molecule has 0 aliphatic carbocycles. The average molecular weight is 255 g/mol. The zero-order valence-corrected chi connectivity index (χ0v) is 8.35. The third kappa shape index (κ3) is 116. The Morgan fingerprint density at radius 3 is 1.43 bits per heavy atom. The van der Waals surface area contributed by atoms with Gasteiger partial charge in [-0.3, -0.25) is 0 Å². The van der Waals surface area contributed by atoms with E-state index in [0.29, 0.717) is 0 Å². The van der Waals surface area contributed by atoms with Crippen LogP contribution in [-0.4, -0.2) is 61.9 Å². The zero-order chi connectivity index (χ0) is 4.50. The molecule has 0 aromatic carbocycles. The van der Waals surface area contributed by atoms with Crippen LogP contribution in [0.5, 0.6) is 0 Å². The maximum atomic E-state index is 10.1. The van der Waals surface area contributed by atoms with E-state index in [1.54, 1.807) is 0 Å². The molecule has 0 saturated heterocycles. The van der Waals surface area contributed by atoms with E-state index in [0.717, 1.165) is 0 Å². The molecule has 0 aliphatic rings. The van der Waals surface area contributed by atoms with Gasteiger partial charge in [-0.2, -0.15) is 0 Å². The molecule has 7 heteroatoms. The minimum Gasteiger partial charge on any atom is -1.00 e. The van der Waals surface area contributed by atoms with Crippen molar-refractivity contribution in [3.63, 3.8) is 0 Å². The van der Waals surface area contributed by atoms with Crippen LogP contribution in [0.25, 0.3) is 0 Å². The Morgan fingerprint density at radius 1 is 1.43 bits per heavy atom. The first-order valence-corrected chi connectivity index (χ1v) is 1.96. The SMILES string of the molecule is O=S(=O)([O-])F.[Ba+2].[F-]. The van der Waals surface area contributed by atoms with Gasteiger partial charge in [0.1, 0.15) is 0 Å². The van der Waals surface area contributed by atoms with E-state index < -0.39 is 10.5 Å². The number of hydrogen-bond donors (Lipinski definition) is 0. The molecule has 0 N–H and O–H groups in total. The normalized spacial score (nSPS) is 8.29. The van der Waals surface area contributed by atoms with Gasteiger partial charge in [0.2, 0.25) is 0 Å². The predicted molar refractivity (Wildman–Crippen MR) is 16.6 cm³/mol. The van der Waals surface area contributed by atoms with Crippen LogP contribution < -0.4 is 4.70 Å². The number of halogens is 2. The maximum absolute atomic E-state index is 10.1. The summed E-state index contributed by atoms with van der Waals surface area (Å²) in [4.78, 5) is 0. The Bertz CT molecular complexity index is 96.1. The van der Waals surface area contributed by atoms with Crippen molar-refractivity contribution in [1.82, 2.24) is 0 Å². The van der Waals surface area contributed by atoms with Gasteiger partial charge >= 0.3 is 48.9 Å². The van der Waals surface area contributed by atoms with Crippen LogP contribution in [-0.2, 0) is 10.5 Å². The summed E-state index contributed by atoms with van der Waals surface area (Å²) in [6, 6.07) is 0. The second kappa shape index (κ2) is 5.48. The van der Waals surface area contributed by atoms with Crippen LogP contribution in [0, 0.1) is 0 Å². The molecule has 0 unspecified atom stereocenters. The van der Waals surface area contributed by atoms with Crippen LogP contribution in [0.3, 0.4) is 0 Å². The summed E-state index contributed by atoms with van der Waals surface area (Å²) in [6.45, 7) is 0. The molecule has 0 bridgehead atoms. The topological polar surface area (TPSA) is 57.2 Å². The smallest absolute Gasteiger partial charge is 1.00 e. The van der Waals surface area contributed by atoms with E-state index in [2.05, 4.69) is 0 Å². The van der Waals surface area contributed by atoms with E-state index in [9.17, 15) is 3.89 Å².